The summed E-state index contributed by atoms with van der Waals surface area (Å²) in [4.78, 5) is 18.3. The highest BCUT2D eigenvalue weighted by Gasteiger charge is 2.06. The molecule has 2 aromatic rings. The van der Waals surface area contributed by atoms with E-state index in [-0.39, 0.29) is 5.91 Å². The van der Waals surface area contributed by atoms with E-state index >= 15 is 0 Å². The van der Waals surface area contributed by atoms with Gasteiger partial charge in [-0.25, -0.2) is 0 Å². The van der Waals surface area contributed by atoms with Gasteiger partial charge in [0.1, 0.15) is 0 Å². The number of amides is 1. The van der Waals surface area contributed by atoms with Gasteiger partial charge in [0.2, 0.25) is 5.91 Å². The molecule has 0 fully saturated rings. The largest absolute Gasteiger partial charge is 0.384 e. The number of carbonyl (C=O) groups is 1. The number of pyridine rings is 1. The summed E-state index contributed by atoms with van der Waals surface area (Å²) < 4.78 is 0. The highest BCUT2D eigenvalue weighted by molar-refractivity contribution is 5.76. The van der Waals surface area contributed by atoms with Crippen LogP contribution in [0.4, 0.5) is 11.4 Å². The molecule has 5 heteroatoms. The first-order valence-electron chi connectivity index (χ1n) is 8.89. The molecular formula is C20H28N4O. The third-order valence-electron chi connectivity index (χ3n) is 4.22. The van der Waals surface area contributed by atoms with Crippen molar-refractivity contribution in [3.05, 3.63) is 53.9 Å². The number of anilines is 2. The van der Waals surface area contributed by atoms with Crippen molar-refractivity contribution >= 4 is 17.3 Å². The lowest BCUT2D eigenvalue weighted by Crippen LogP contribution is -2.25. The van der Waals surface area contributed by atoms with Gasteiger partial charge in [-0.05, 0) is 56.2 Å². The van der Waals surface area contributed by atoms with Crippen molar-refractivity contribution in [3.63, 3.8) is 0 Å². The number of nitrogens with zero attached hydrogens (tertiary/aromatic N) is 2. The molecule has 0 spiro atoms. The molecule has 25 heavy (non-hydrogen) atoms. The molecule has 134 valence electrons. The van der Waals surface area contributed by atoms with Crippen LogP contribution in [0.1, 0.15) is 31.4 Å². The van der Waals surface area contributed by atoms with Crippen LogP contribution in [0.25, 0.3) is 0 Å². The Bertz CT molecular complexity index is 669. The van der Waals surface area contributed by atoms with Gasteiger partial charge in [-0.2, -0.15) is 0 Å². The van der Waals surface area contributed by atoms with E-state index in [0.717, 1.165) is 24.3 Å². The van der Waals surface area contributed by atoms with Crippen LogP contribution in [0.5, 0.6) is 0 Å². The minimum absolute atomic E-state index is 0.0359. The van der Waals surface area contributed by atoms with Gasteiger partial charge < -0.3 is 15.5 Å². The van der Waals surface area contributed by atoms with Crippen molar-refractivity contribution in [2.24, 2.45) is 0 Å². The normalized spacial score (nSPS) is 10.4. The minimum atomic E-state index is 0.0359. The van der Waals surface area contributed by atoms with Crippen molar-refractivity contribution < 1.29 is 4.79 Å². The van der Waals surface area contributed by atoms with Gasteiger partial charge in [0, 0.05) is 56.4 Å². The molecule has 0 atom stereocenters. The van der Waals surface area contributed by atoms with Crippen molar-refractivity contribution in [1.82, 2.24) is 10.3 Å². The SMILES string of the molecule is CCN(CC)c1ccc(NCCC(=O)NCc2cccnc2)c(C)c1. The summed E-state index contributed by atoms with van der Waals surface area (Å²) in [7, 11) is 0. The van der Waals surface area contributed by atoms with Crippen LogP contribution >= 0.6 is 0 Å². The summed E-state index contributed by atoms with van der Waals surface area (Å²) in [6.07, 6.45) is 3.93. The van der Waals surface area contributed by atoms with Crippen LogP contribution in [0, 0.1) is 6.92 Å². The number of hydrogen-bond donors (Lipinski definition) is 2. The number of benzene rings is 1. The lowest BCUT2D eigenvalue weighted by molar-refractivity contribution is -0.121. The molecule has 1 aromatic heterocycles. The average Bonchev–Trinajstić information content (AvgIpc) is 2.63. The van der Waals surface area contributed by atoms with Gasteiger partial charge in [-0.1, -0.05) is 6.07 Å². The second-order valence-electron chi connectivity index (χ2n) is 5.99. The Kier molecular flexibility index (Phi) is 7.26. The van der Waals surface area contributed by atoms with Crippen LogP contribution in [-0.4, -0.2) is 30.5 Å². The summed E-state index contributed by atoms with van der Waals surface area (Å²) >= 11 is 0. The maximum atomic E-state index is 11.9. The van der Waals surface area contributed by atoms with Gasteiger partial charge in [0.05, 0.1) is 0 Å². The quantitative estimate of drug-likeness (QED) is 0.735. The number of aryl methyl sites for hydroxylation is 1. The molecule has 0 saturated carbocycles. The first-order valence-corrected chi connectivity index (χ1v) is 8.89. The van der Waals surface area contributed by atoms with Crippen molar-refractivity contribution in [3.8, 4) is 0 Å². The molecule has 0 radical (unpaired) electrons. The Labute approximate surface area is 150 Å². The molecule has 0 aliphatic carbocycles. The highest BCUT2D eigenvalue weighted by Crippen LogP contribution is 2.22. The van der Waals surface area contributed by atoms with Crippen LogP contribution < -0.4 is 15.5 Å². The van der Waals surface area contributed by atoms with Crippen LogP contribution in [0.2, 0.25) is 0 Å². The number of carbonyl (C=O) groups excluding carboxylic acids is 1. The molecule has 2 N–H and O–H groups in total. The third-order valence-corrected chi connectivity index (χ3v) is 4.22. The molecule has 1 aromatic carbocycles. The summed E-state index contributed by atoms with van der Waals surface area (Å²) in [6.45, 7) is 9.55. The molecule has 0 unspecified atom stereocenters. The van der Waals surface area contributed by atoms with Crippen molar-refractivity contribution in [2.45, 2.75) is 33.7 Å². The van der Waals surface area contributed by atoms with Crippen molar-refractivity contribution in [1.29, 1.82) is 0 Å². The maximum Gasteiger partial charge on any atom is 0.222 e. The first kappa shape index (κ1) is 18.8. The second kappa shape index (κ2) is 9.67. The zero-order chi connectivity index (χ0) is 18.1. The zero-order valence-corrected chi connectivity index (χ0v) is 15.4. The van der Waals surface area contributed by atoms with Crippen LogP contribution in [-0.2, 0) is 11.3 Å². The Morgan fingerprint density at radius 1 is 1.20 bits per heavy atom. The minimum Gasteiger partial charge on any atom is -0.384 e. The number of hydrogen-bond acceptors (Lipinski definition) is 4. The summed E-state index contributed by atoms with van der Waals surface area (Å²) in [5, 5.41) is 6.27. The predicted molar refractivity (Wildman–Crippen MR) is 104 cm³/mol. The highest BCUT2D eigenvalue weighted by atomic mass is 16.1. The lowest BCUT2D eigenvalue weighted by Gasteiger charge is -2.22. The maximum absolute atomic E-state index is 11.9. The van der Waals surface area contributed by atoms with E-state index in [1.165, 1.54) is 11.3 Å². The first-order chi connectivity index (χ1) is 12.1. The van der Waals surface area contributed by atoms with E-state index in [2.05, 4.69) is 59.5 Å². The van der Waals surface area contributed by atoms with Gasteiger partial charge >= 0.3 is 0 Å². The van der Waals surface area contributed by atoms with E-state index in [1.807, 2.05) is 12.1 Å². The number of nitrogens with one attached hydrogen (secondary N) is 2. The molecule has 0 aliphatic heterocycles. The average molecular weight is 340 g/mol. The Hall–Kier alpha value is -2.56. The topological polar surface area (TPSA) is 57.3 Å². The summed E-state index contributed by atoms with van der Waals surface area (Å²) in [5.41, 5.74) is 4.52. The van der Waals surface area contributed by atoms with E-state index in [0.29, 0.717) is 19.5 Å². The third kappa shape index (κ3) is 5.78. The fourth-order valence-corrected chi connectivity index (χ4v) is 2.73. The molecule has 1 heterocycles. The number of rotatable bonds is 9. The number of aromatic nitrogens is 1. The van der Waals surface area contributed by atoms with Gasteiger partial charge in [0.25, 0.3) is 0 Å². The molecule has 1 amide bonds. The van der Waals surface area contributed by atoms with Gasteiger partial charge in [-0.15, -0.1) is 0 Å². The predicted octanol–water partition coefficient (Wildman–Crippen LogP) is 3.35. The lowest BCUT2D eigenvalue weighted by atomic mass is 10.1. The monoisotopic (exact) mass is 340 g/mol. The summed E-state index contributed by atoms with van der Waals surface area (Å²) in [5.74, 6) is 0.0359. The Morgan fingerprint density at radius 2 is 2.00 bits per heavy atom. The fraction of sp³-hybridized carbons (Fsp3) is 0.400. The fourth-order valence-electron chi connectivity index (χ4n) is 2.73. The van der Waals surface area contributed by atoms with Crippen LogP contribution in [0.3, 0.4) is 0 Å². The molecule has 0 aliphatic rings. The molecule has 0 saturated heterocycles. The van der Waals surface area contributed by atoms with E-state index < -0.39 is 0 Å². The van der Waals surface area contributed by atoms with Crippen LogP contribution in [0.15, 0.2) is 42.7 Å². The zero-order valence-electron chi connectivity index (χ0n) is 15.4. The van der Waals surface area contributed by atoms with Gasteiger partial charge in [-0.3, -0.25) is 9.78 Å². The Balaban J connectivity index is 1.78. The van der Waals surface area contributed by atoms with Crippen molar-refractivity contribution in [2.75, 3.05) is 29.9 Å². The second-order valence-corrected chi connectivity index (χ2v) is 5.99. The Morgan fingerprint density at radius 3 is 2.64 bits per heavy atom. The standard InChI is InChI=1S/C20H28N4O/c1-4-24(5-2)18-8-9-19(16(3)13-18)22-12-10-20(25)23-15-17-7-6-11-21-14-17/h6-9,11,13-14,22H,4-5,10,12,15H2,1-3H3,(H,23,25). The van der Waals surface area contributed by atoms with E-state index in [1.54, 1.807) is 12.4 Å². The molecule has 0 bridgehead atoms. The molecular weight excluding hydrogens is 312 g/mol. The van der Waals surface area contributed by atoms with Gasteiger partial charge in [0.15, 0.2) is 0 Å². The molecule has 5 nitrogen and oxygen atoms in total. The smallest absolute Gasteiger partial charge is 0.222 e. The van der Waals surface area contributed by atoms with E-state index in [9.17, 15) is 4.79 Å². The summed E-state index contributed by atoms with van der Waals surface area (Å²) in [6, 6.07) is 10.2. The molecule has 2 rings (SSSR count). The van der Waals surface area contributed by atoms with E-state index in [4.69, 9.17) is 0 Å².